The van der Waals surface area contributed by atoms with Crippen molar-refractivity contribution in [2.75, 3.05) is 11.9 Å². The Kier molecular flexibility index (Phi) is 3.91. The van der Waals surface area contributed by atoms with Crippen LogP contribution in [0, 0.1) is 6.92 Å². The van der Waals surface area contributed by atoms with Gasteiger partial charge in [0.25, 0.3) is 5.56 Å². The van der Waals surface area contributed by atoms with Crippen molar-refractivity contribution in [3.05, 3.63) is 52.6 Å². The fourth-order valence-electron chi connectivity index (χ4n) is 2.42. The number of nitrogens with one attached hydrogen (secondary N) is 1. The van der Waals surface area contributed by atoms with E-state index in [0.717, 1.165) is 30.6 Å². The number of rotatable bonds is 5. The minimum Gasteiger partial charge on any atom is -0.355 e. The van der Waals surface area contributed by atoms with Crippen molar-refractivity contribution < 1.29 is 0 Å². The van der Waals surface area contributed by atoms with Gasteiger partial charge >= 0.3 is 0 Å². The number of aryl methyl sites for hydroxylation is 2. The normalized spacial score (nSPS) is 11.0. The Hall–Kier alpha value is -2.63. The van der Waals surface area contributed by atoms with Crippen LogP contribution in [-0.4, -0.2) is 25.9 Å². The second-order valence-corrected chi connectivity index (χ2v) is 5.37. The van der Waals surface area contributed by atoms with Crippen molar-refractivity contribution in [3.8, 4) is 0 Å². The van der Waals surface area contributed by atoms with Crippen molar-refractivity contribution in [1.29, 1.82) is 0 Å². The Morgan fingerprint density at radius 1 is 1.32 bits per heavy atom. The van der Waals surface area contributed by atoms with Crippen LogP contribution in [0.3, 0.4) is 0 Å². The highest BCUT2D eigenvalue weighted by atomic mass is 16.1. The lowest BCUT2D eigenvalue weighted by molar-refractivity contribution is 0.590. The van der Waals surface area contributed by atoms with E-state index < -0.39 is 0 Å². The molecule has 22 heavy (non-hydrogen) atoms. The molecule has 1 N–H and O–H groups in total. The summed E-state index contributed by atoms with van der Waals surface area (Å²) in [6.45, 7) is 3.54. The molecular formula is C16H19N5O. The first kappa shape index (κ1) is 14.3. The zero-order valence-corrected chi connectivity index (χ0v) is 12.8. The summed E-state index contributed by atoms with van der Waals surface area (Å²) >= 11 is 0. The second kappa shape index (κ2) is 6.01. The lowest BCUT2D eigenvalue weighted by atomic mass is 10.2. The summed E-state index contributed by atoms with van der Waals surface area (Å²) in [5.74, 6) is 0.599. The van der Waals surface area contributed by atoms with E-state index in [-0.39, 0.29) is 5.56 Å². The van der Waals surface area contributed by atoms with Crippen LogP contribution in [-0.2, 0) is 13.6 Å². The molecule has 0 radical (unpaired) electrons. The first-order chi connectivity index (χ1) is 10.6. The Morgan fingerprint density at radius 2 is 2.18 bits per heavy atom. The van der Waals surface area contributed by atoms with E-state index in [1.54, 1.807) is 17.8 Å². The maximum Gasteiger partial charge on any atom is 0.262 e. The number of fused-ring (bicyclic) bond motifs is 1. The smallest absolute Gasteiger partial charge is 0.262 e. The number of hydrogen-bond donors (Lipinski definition) is 1. The molecule has 0 amide bonds. The molecule has 0 aliphatic heterocycles. The van der Waals surface area contributed by atoms with E-state index in [2.05, 4.69) is 15.4 Å². The molecule has 2 aromatic heterocycles. The number of anilines is 1. The first-order valence-electron chi connectivity index (χ1n) is 7.34. The van der Waals surface area contributed by atoms with Crippen LogP contribution in [0.4, 0.5) is 5.95 Å². The van der Waals surface area contributed by atoms with Gasteiger partial charge in [0.15, 0.2) is 0 Å². The Morgan fingerprint density at radius 3 is 2.95 bits per heavy atom. The second-order valence-electron chi connectivity index (χ2n) is 5.37. The lowest BCUT2D eigenvalue weighted by Gasteiger charge is -2.11. The summed E-state index contributed by atoms with van der Waals surface area (Å²) in [5.41, 5.74) is 1.76. The minimum absolute atomic E-state index is 0.0247. The maximum absolute atomic E-state index is 12.4. The van der Waals surface area contributed by atoms with Crippen molar-refractivity contribution in [2.24, 2.45) is 7.05 Å². The SMILES string of the molecule is Cc1ccc2nc(NCCCn3cccn3)n(C)c(=O)c2c1. The van der Waals surface area contributed by atoms with Crippen molar-refractivity contribution >= 4 is 16.9 Å². The molecule has 0 aliphatic carbocycles. The van der Waals surface area contributed by atoms with Gasteiger partial charge in [0.2, 0.25) is 5.95 Å². The van der Waals surface area contributed by atoms with Crippen LogP contribution in [0.1, 0.15) is 12.0 Å². The minimum atomic E-state index is -0.0247. The molecule has 0 fully saturated rings. The van der Waals surface area contributed by atoms with Gasteiger partial charge in [0.05, 0.1) is 10.9 Å². The van der Waals surface area contributed by atoms with Crippen LogP contribution in [0.2, 0.25) is 0 Å². The molecule has 3 aromatic rings. The summed E-state index contributed by atoms with van der Waals surface area (Å²) in [7, 11) is 1.74. The van der Waals surface area contributed by atoms with Crippen LogP contribution in [0.25, 0.3) is 10.9 Å². The number of nitrogens with zero attached hydrogens (tertiary/aromatic N) is 4. The molecule has 1 aromatic carbocycles. The molecule has 6 heteroatoms. The zero-order valence-electron chi connectivity index (χ0n) is 12.8. The largest absolute Gasteiger partial charge is 0.355 e. The summed E-state index contributed by atoms with van der Waals surface area (Å²) < 4.78 is 3.45. The van der Waals surface area contributed by atoms with Gasteiger partial charge in [-0.2, -0.15) is 5.10 Å². The summed E-state index contributed by atoms with van der Waals surface area (Å²) in [4.78, 5) is 16.9. The average Bonchev–Trinajstić information content (AvgIpc) is 3.02. The molecule has 2 heterocycles. The summed E-state index contributed by atoms with van der Waals surface area (Å²) in [6.07, 6.45) is 4.61. The van der Waals surface area contributed by atoms with Crippen LogP contribution < -0.4 is 10.9 Å². The van der Waals surface area contributed by atoms with Gasteiger partial charge in [-0.1, -0.05) is 11.6 Å². The average molecular weight is 297 g/mol. The van der Waals surface area contributed by atoms with Gasteiger partial charge < -0.3 is 5.32 Å². The van der Waals surface area contributed by atoms with Crippen LogP contribution in [0.5, 0.6) is 0 Å². The van der Waals surface area contributed by atoms with E-state index in [0.29, 0.717) is 11.3 Å². The monoisotopic (exact) mass is 297 g/mol. The molecule has 114 valence electrons. The number of aromatic nitrogens is 4. The molecule has 0 atom stereocenters. The lowest BCUT2D eigenvalue weighted by Crippen LogP contribution is -2.23. The van der Waals surface area contributed by atoms with Gasteiger partial charge in [0.1, 0.15) is 0 Å². The van der Waals surface area contributed by atoms with Gasteiger partial charge in [-0.05, 0) is 31.5 Å². The van der Waals surface area contributed by atoms with Gasteiger partial charge in [-0.3, -0.25) is 14.0 Å². The third-order valence-electron chi connectivity index (χ3n) is 3.64. The predicted octanol–water partition coefficient (Wildman–Crippen LogP) is 1.94. The molecule has 0 saturated carbocycles. The zero-order chi connectivity index (χ0) is 15.5. The highest BCUT2D eigenvalue weighted by Gasteiger charge is 2.07. The van der Waals surface area contributed by atoms with E-state index in [4.69, 9.17) is 0 Å². The first-order valence-corrected chi connectivity index (χ1v) is 7.34. The standard InChI is InChI=1S/C16H19N5O/c1-12-5-6-14-13(11-12)15(22)20(2)16(19-14)17-7-3-9-21-10-4-8-18-21/h4-6,8,10-11H,3,7,9H2,1-2H3,(H,17,19). The molecular weight excluding hydrogens is 278 g/mol. The van der Waals surface area contributed by atoms with Crippen molar-refractivity contribution in [2.45, 2.75) is 19.9 Å². The number of benzene rings is 1. The highest BCUT2D eigenvalue weighted by molar-refractivity contribution is 5.79. The van der Waals surface area contributed by atoms with Gasteiger partial charge in [0, 0.05) is 32.5 Å². The molecule has 0 aliphatic rings. The molecule has 6 nitrogen and oxygen atoms in total. The Balaban J connectivity index is 1.75. The molecule has 0 unspecified atom stereocenters. The third-order valence-corrected chi connectivity index (χ3v) is 3.64. The molecule has 3 rings (SSSR count). The highest BCUT2D eigenvalue weighted by Crippen LogP contribution is 2.12. The van der Waals surface area contributed by atoms with E-state index in [1.165, 1.54) is 0 Å². The van der Waals surface area contributed by atoms with E-state index in [9.17, 15) is 4.79 Å². The summed E-state index contributed by atoms with van der Waals surface area (Å²) in [5, 5.41) is 8.05. The van der Waals surface area contributed by atoms with Crippen molar-refractivity contribution in [3.63, 3.8) is 0 Å². The topological polar surface area (TPSA) is 64.7 Å². The fourth-order valence-corrected chi connectivity index (χ4v) is 2.42. The molecule has 0 bridgehead atoms. The molecule has 0 spiro atoms. The Bertz CT molecular complexity index is 836. The van der Waals surface area contributed by atoms with Crippen molar-refractivity contribution in [1.82, 2.24) is 19.3 Å². The summed E-state index contributed by atoms with van der Waals surface area (Å²) in [6, 6.07) is 7.65. The van der Waals surface area contributed by atoms with Gasteiger partial charge in [-0.15, -0.1) is 0 Å². The molecule has 0 saturated heterocycles. The van der Waals surface area contributed by atoms with Crippen LogP contribution in [0.15, 0.2) is 41.5 Å². The quantitative estimate of drug-likeness (QED) is 0.731. The van der Waals surface area contributed by atoms with Gasteiger partial charge in [-0.25, -0.2) is 4.98 Å². The fraction of sp³-hybridized carbons (Fsp3) is 0.312. The Labute approximate surface area is 128 Å². The predicted molar refractivity (Wildman–Crippen MR) is 87.1 cm³/mol. The van der Waals surface area contributed by atoms with E-state index >= 15 is 0 Å². The van der Waals surface area contributed by atoms with E-state index in [1.807, 2.05) is 42.1 Å². The van der Waals surface area contributed by atoms with Crippen LogP contribution >= 0.6 is 0 Å². The third kappa shape index (κ3) is 2.86. The number of hydrogen-bond acceptors (Lipinski definition) is 4. The maximum atomic E-state index is 12.4.